The van der Waals surface area contributed by atoms with E-state index in [0.717, 1.165) is 0 Å². The van der Waals surface area contributed by atoms with Crippen molar-refractivity contribution in [1.29, 1.82) is 0 Å². The Morgan fingerprint density at radius 1 is 1.11 bits per heavy atom. The Kier molecular flexibility index (Phi) is 4.53. The first-order valence-corrected chi connectivity index (χ1v) is 9.48. The van der Waals surface area contributed by atoms with Gasteiger partial charge in [-0.05, 0) is 24.6 Å². The molecule has 102 valence electrons. The van der Waals surface area contributed by atoms with Gasteiger partial charge in [0.15, 0.2) is 0 Å². The van der Waals surface area contributed by atoms with Gasteiger partial charge in [0.05, 0.1) is 16.3 Å². The highest BCUT2D eigenvalue weighted by Gasteiger charge is 2.24. The summed E-state index contributed by atoms with van der Waals surface area (Å²) in [4.78, 5) is 0. The van der Waals surface area contributed by atoms with Crippen molar-refractivity contribution < 1.29 is 16.8 Å². The van der Waals surface area contributed by atoms with Crippen LogP contribution in [0.2, 0.25) is 10.0 Å². The minimum atomic E-state index is -4.25. The van der Waals surface area contributed by atoms with Gasteiger partial charge in [-0.15, -0.1) is 0 Å². The highest BCUT2D eigenvalue weighted by Crippen LogP contribution is 2.28. The van der Waals surface area contributed by atoms with E-state index in [4.69, 9.17) is 23.2 Å². The summed E-state index contributed by atoms with van der Waals surface area (Å²) >= 11 is 11.6. The van der Waals surface area contributed by atoms with E-state index in [9.17, 15) is 16.8 Å². The lowest BCUT2D eigenvalue weighted by Crippen LogP contribution is -2.22. The van der Waals surface area contributed by atoms with Crippen molar-refractivity contribution in [2.45, 2.75) is 6.92 Å². The van der Waals surface area contributed by atoms with Crippen LogP contribution in [0, 0.1) is 6.92 Å². The maximum Gasteiger partial charge on any atom is 0.271 e. The van der Waals surface area contributed by atoms with Crippen LogP contribution in [0.3, 0.4) is 0 Å². The molecule has 0 aliphatic heterocycles. The molecular formula is C9H11Cl2NO4S2. The van der Waals surface area contributed by atoms with E-state index in [1.807, 2.05) is 0 Å². The van der Waals surface area contributed by atoms with E-state index in [1.165, 1.54) is 6.07 Å². The van der Waals surface area contributed by atoms with E-state index in [2.05, 4.69) is 5.32 Å². The van der Waals surface area contributed by atoms with Crippen LogP contribution in [0.25, 0.3) is 0 Å². The minimum Gasteiger partial charge on any atom is -0.370 e. The SMILES string of the molecule is Cc1cc(Cl)c(Cl)cc1NCS(=O)(=O)S(C)(=O)=O. The Balaban J connectivity index is 2.99. The minimum absolute atomic E-state index is 0.251. The summed E-state index contributed by atoms with van der Waals surface area (Å²) in [6.45, 7) is 1.69. The average Bonchev–Trinajstić information content (AvgIpc) is 2.20. The first kappa shape index (κ1) is 15.6. The van der Waals surface area contributed by atoms with Crippen LogP contribution in [0.4, 0.5) is 5.69 Å². The van der Waals surface area contributed by atoms with E-state index in [-0.39, 0.29) is 5.02 Å². The third kappa shape index (κ3) is 3.50. The summed E-state index contributed by atoms with van der Waals surface area (Å²) in [5, 5.41) is 3.11. The molecule has 0 heterocycles. The molecule has 1 rings (SSSR count). The van der Waals surface area contributed by atoms with Gasteiger partial charge in [-0.3, -0.25) is 0 Å². The van der Waals surface area contributed by atoms with Gasteiger partial charge in [-0.2, -0.15) is 0 Å². The van der Waals surface area contributed by atoms with Crippen molar-refractivity contribution in [1.82, 2.24) is 0 Å². The molecule has 5 nitrogen and oxygen atoms in total. The molecule has 0 radical (unpaired) electrons. The molecule has 0 saturated carbocycles. The molecule has 0 aromatic heterocycles. The van der Waals surface area contributed by atoms with Gasteiger partial charge in [0.25, 0.3) is 17.7 Å². The average molecular weight is 332 g/mol. The first-order valence-electron chi connectivity index (χ1n) is 4.67. The number of nitrogens with one attached hydrogen (secondary N) is 1. The second-order valence-corrected chi connectivity index (χ2v) is 10.6. The molecule has 0 unspecified atom stereocenters. The van der Waals surface area contributed by atoms with Crippen molar-refractivity contribution >= 4 is 46.6 Å². The smallest absolute Gasteiger partial charge is 0.271 e. The van der Waals surface area contributed by atoms with E-state index in [1.54, 1.807) is 13.0 Å². The van der Waals surface area contributed by atoms with E-state index < -0.39 is 23.6 Å². The summed E-state index contributed by atoms with van der Waals surface area (Å²) in [6.07, 6.45) is 0.645. The number of halogens is 2. The number of anilines is 1. The van der Waals surface area contributed by atoms with Crippen LogP contribution in [0.1, 0.15) is 5.56 Å². The number of rotatable bonds is 4. The number of aryl methyl sites for hydroxylation is 1. The van der Waals surface area contributed by atoms with Gasteiger partial charge in [0.1, 0.15) is 5.88 Å². The molecule has 1 N–H and O–H groups in total. The van der Waals surface area contributed by atoms with Crippen molar-refractivity contribution in [3.05, 3.63) is 27.7 Å². The zero-order chi connectivity index (χ0) is 14.1. The first-order chi connectivity index (χ1) is 8.04. The molecule has 0 spiro atoms. The van der Waals surface area contributed by atoms with Crippen LogP contribution in [0.5, 0.6) is 0 Å². The summed E-state index contributed by atoms with van der Waals surface area (Å²) in [7, 11) is -8.40. The Morgan fingerprint density at radius 2 is 1.61 bits per heavy atom. The van der Waals surface area contributed by atoms with Gasteiger partial charge in [-0.25, -0.2) is 16.8 Å². The van der Waals surface area contributed by atoms with Crippen LogP contribution < -0.4 is 5.32 Å². The maximum absolute atomic E-state index is 11.4. The molecule has 0 aliphatic rings. The van der Waals surface area contributed by atoms with Crippen LogP contribution >= 0.6 is 23.2 Å². The quantitative estimate of drug-likeness (QED) is 0.854. The van der Waals surface area contributed by atoms with Crippen molar-refractivity contribution in [3.63, 3.8) is 0 Å². The maximum atomic E-state index is 11.4. The van der Waals surface area contributed by atoms with Crippen molar-refractivity contribution in [3.8, 4) is 0 Å². The fourth-order valence-corrected chi connectivity index (χ4v) is 2.86. The van der Waals surface area contributed by atoms with Crippen LogP contribution in [-0.4, -0.2) is 29.0 Å². The highest BCUT2D eigenvalue weighted by molar-refractivity contribution is 8.66. The molecule has 0 aliphatic carbocycles. The summed E-state index contributed by atoms with van der Waals surface area (Å²) in [5.74, 6) is -0.718. The molecule has 0 saturated heterocycles. The van der Waals surface area contributed by atoms with Gasteiger partial charge in [-0.1, -0.05) is 23.2 Å². The lowest BCUT2D eigenvalue weighted by Gasteiger charge is -2.10. The van der Waals surface area contributed by atoms with Gasteiger partial charge in [0, 0.05) is 5.69 Å². The number of hydrogen-bond donors (Lipinski definition) is 1. The zero-order valence-electron chi connectivity index (χ0n) is 9.57. The fourth-order valence-electron chi connectivity index (χ4n) is 1.11. The lowest BCUT2D eigenvalue weighted by molar-refractivity contribution is 0.586. The molecule has 0 atom stereocenters. The Labute approximate surface area is 115 Å². The molecule has 1 aromatic carbocycles. The Bertz CT molecular complexity index is 668. The molecule has 0 bridgehead atoms. The standard InChI is InChI=1S/C9H11Cl2NO4S2/c1-6-3-7(10)8(11)4-9(6)12-5-18(15,16)17(2,13)14/h3-4,12H,5H2,1-2H3. The normalized spacial score (nSPS) is 12.4. The molecule has 9 heteroatoms. The molecule has 1 aromatic rings. The molecule has 18 heavy (non-hydrogen) atoms. The number of benzene rings is 1. The van der Waals surface area contributed by atoms with Crippen LogP contribution in [0.15, 0.2) is 12.1 Å². The predicted molar refractivity (Wildman–Crippen MR) is 73.5 cm³/mol. The fraction of sp³-hybridized carbons (Fsp3) is 0.333. The van der Waals surface area contributed by atoms with E-state index in [0.29, 0.717) is 22.5 Å². The monoisotopic (exact) mass is 331 g/mol. The van der Waals surface area contributed by atoms with Gasteiger partial charge >= 0.3 is 0 Å². The third-order valence-electron chi connectivity index (χ3n) is 2.17. The predicted octanol–water partition coefficient (Wildman–Crippen LogP) is 2.05. The Hall–Kier alpha value is -0.500. The largest absolute Gasteiger partial charge is 0.370 e. The Morgan fingerprint density at radius 3 is 2.11 bits per heavy atom. The highest BCUT2D eigenvalue weighted by atomic mass is 35.5. The van der Waals surface area contributed by atoms with Crippen LogP contribution in [-0.2, 0) is 17.7 Å². The molecule has 0 fully saturated rings. The third-order valence-corrected chi connectivity index (χ3v) is 7.43. The number of hydrogen-bond acceptors (Lipinski definition) is 5. The van der Waals surface area contributed by atoms with Crippen molar-refractivity contribution in [2.75, 3.05) is 17.4 Å². The van der Waals surface area contributed by atoms with Gasteiger partial charge < -0.3 is 5.32 Å². The molecular weight excluding hydrogens is 321 g/mol. The topological polar surface area (TPSA) is 80.3 Å². The van der Waals surface area contributed by atoms with E-state index >= 15 is 0 Å². The lowest BCUT2D eigenvalue weighted by atomic mass is 10.2. The summed E-state index contributed by atoms with van der Waals surface area (Å²) < 4.78 is 44.8. The van der Waals surface area contributed by atoms with Crippen molar-refractivity contribution in [2.24, 2.45) is 0 Å². The zero-order valence-corrected chi connectivity index (χ0v) is 12.7. The van der Waals surface area contributed by atoms with Gasteiger partial charge in [0.2, 0.25) is 0 Å². The summed E-state index contributed by atoms with van der Waals surface area (Å²) in [6, 6.07) is 3.00. The molecule has 0 amide bonds. The second kappa shape index (κ2) is 5.24. The summed E-state index contributed by atoms with van der Waals surface area (Å²) in [5.41, 5.74) is 1.07. The second-order valence-electron chi connectivity index (χ2n) is 3.66.